The molecule has 4 heteroatoms. The lowest BCUT2D eigenvalue weighted by molar-refractivity contribution is -0.170. The van der Waals surface area contributed by atoms with Crippen LogP contribution in [-0.2, 0) is 6.54 Å². The van der Waals surface area contributed by atoms with Crippen molar-refractivity contribution < 1.29 is 15.3 Å². The van der Waals surface area contributed by atoms with Crippen LogP contribution in [-0.4, -0.2) is 21.2 Å². The molecule has 1 aromatic carbocycles. The second-order valence-corrected chi connectivity index (χ2v) is 3.51. The Balaban J connectivity index is 2.72. The van der Waals surface area contributed by atoms with Gasteiger partial charge in [0, 0.05) is 19.0 Å². The van der Waals surface area contributed by atoms with Crippen LogP contribution in [0.3, 0.4) is 0 Å². The van der Waals surface area contributed by atoms with Gasteiger partial charge >= 0.3 is 0 Å². The smallest absolute Gasteiger partial charge is 0.219 e. The van der Waals surface area contributed by atoms with Crippen LogP contribution < -0.4 is 5.32 Å². The van der Waals surface area contributed by atoms with Crippen LogP contribution in [0.25, 0.3) is 0 Å². The van der Waals surface area contributed by atoms with E-state index in [1.807, 2.05) is 6.92 Å². The van der Waals surface area contributed by atoms with E-state index < -0.39 is 5.91 Å². The van der Waals surface area contributed by atoms with E-state index in [1.165, 1.54) is 6.92 Å². The van der Waals surface area contributed by atoms with Crippen molar-refractivity contribution in [1.82, 2.24) is 5.32 Å². The number of aliphatic hydroxyl groups is 2. The number of hydrogen-bond acceptors (Lipinski definition) is 4. The highest BCUT2D eigenvalue weighted by molar-refractivity contribution is 5.35. The quantitative estimate of drug-likeness (QED) is 0.531. The molecule has 1 rings (SSSR count). The minimum absolute atomic E-state index is 0.146. The average molecular weight is 197 g/mol. The summed E-state index contributed by atoms with van der Waals surface area (Å²) in [5, 5.41) is 29.9. The Morgan fingerprint density at radius 1 is 1.36 bits per heavy atom. The molecule has 0 aliphatic heterocycles. The van der Waals surface area contributed by atoms with Crippen LogP contribution in [0.15, 0.2) is 18.2 Å². The predicted molar refractivity (Wildman–Crippen MR) is 52.5 cm³/mol. The standard InChI is InChI=1S/C10H15NO3/c1-7-3-4-9(12)8(5-7)6-11-10(2,13)14/h3-5,11-14H,6H2,1-2H3. The number of phenolic OH excluding ortho intramolecular Hbond substituents is 1. The van der Waals surface area contributed by atoms with E-state index in [-0.39, 0.29) is 12.3 Å². The topological polar surface area (TPSA) is 72.7 Å². The third-order valence-corrected chi connectivity index (χ3v) is 1.85. The first-order valence-corrected chi connectivity index (χ1v) is 4.37. The van der Waals surface area contributed by atoms with Crippen LogP contribution in [0, 0.1) is 6.92 Å². The maximum absolute atomic E-state index is 9.43. The summed E-state index contributed by atoms with van der Waals surface area (Å²) in [5.74, 6) is -1.77. The molecule has 0 fully saturated rings. The van der Waals surface area contributed by atoms with Crippen molar-refractivity contribution in [3.05, 3.63) is 29.3 Å². The van der Waals surface area contributed by atoms with E-state index in [9.17, 15) is 5.11 Å². The van der Waals surface area contributed by atoms with E-state index in [2.05, 4.69) is 5.32 Å². The van der Waals surface area contributed by atoms with E-state index in [4.69, 9.17) is 10.2 Å². The molecule has 0 saturated heterocycles. The third-order valence-electron chi connectivity index (χ3n) is 1.85. The first-order chi connectivity index (χ1) is 6.38. The molecule has 14 heavy (non-hydrogen) atoms. The molecule has 0 atom stereocenters. The molecule has 0 unspecified atom stereocenters. The van der Waals surface area contributed by atoms with E-state index in [0.717, 1.165) is 5.56 Å². The van der Waals surface area contributed by atoms with Crippen molar-refractivity contribution >= 4 is 0 Å². The third kappa shape index (κ3) is 3.33. The first-order valence-electron chi connectivity index (χ1n) is 4.37. The summed E-state index contributed by atoms with van der Waals surface area (Å²) in [5.41, 5.74) is 1.65. The molecule has 0 heterocycles. The van der Waals surface area contributed by atoms with Crippen LogP contribution in [0.1, 0.15) is 18.1 Å². The molecule has 0 spiro atoms. The molecule has 4 nitrogen and oxygen atoms in total. The highest BCUT2D eigenvalue weighted by Gasteiger charge is 2.14. The fourth-order valence-electron chi connectivity index (χ4n) is 1.12. The van der Waals surface area contributed by atoms with Gasteiger partial charge in [0.2, 0.25) is 5.91 Å². The molecule has 78 valence electrons. The highest BCUT2D eigenvalue weighted by Crippen LogP contribution is 2.18. The van der Waals surface area contributed by atoms with Crippen molar-refractivity contribution in [2.45, 2.75) is 26.3 Å². The monoisotopic (exact) mass is 197 g/mol. The predicted octanol–water partition coefficient (Wildman–Crippen LogP) is 0.449. The average Bonchev–Trinajstić information content (AvgIpc) is 2.05. The Morgan fingerprint density at radius 2 is 2.00 bits per heavy atom. The Labute approximate surface area is 82.8 Å². The summed E-state index contributed by atoms with van der Waals surface area (Å²) in [6.07, 6.45) is 0. The molecule has 0 saturated carbocycles. The van der Waals surface area contributed by atoms with Gasteiger partial charge in [0.15, 0.2) is 0 Å². The SMILES string of the molecule is Cc1ccc(O)c(CNC(C)(O)O)c1. The molecule has 0 aliphatic carbocycles. The number of rotatable bonds is 3. The van der Waals surface area contributed by atoms with Gasteiger partial charge in [0.25, 0.3) is 0 Å². The number of aryl methyl sites for hydroxylation is 1. The second kappa shape index (κ2) is 3.96. The molecule has 0 bridgehead atoms. The van der Waals surface area contributed by atoms with Gasteiger partial charge in [-0.25, -0.2) is 0 Å². The molecule has 0 aliphatic rings. The zero-order chi connectivity index (χ0) is 10.8. The van der Waals surface area contributed by atoms with E-state index in [0.29, 0.717) is 5.56 Å². The van der Waals surface area contributed by atoms with Gasteiger partial charge in [-0.15, -0.1) is 0 Å². The minimum Gasteiger partial charge on any atom is -0.508 e. The molecular weight excluding hydrogens is 182 g/mol. The van der Waals surface area contributed by atoms with Gasteiger partial charge in [-0.2, -0.15) is 0 Å². The summed E-state index contributed by atoms with van der Waals surface area (Å²) >= 11 is 0. The summed E-state index contributed by atoms with van der Waals surface area (Å²) in [7, 11) is 0. The van der Waals surface area contributed by atoms with E-state index >= 15 is 0 Å². The Bertz CT molecular complexity index is 318. The van der Waals surface area contributed by atoms with Crippen molar-refractivity contribution in [2.75, 3.05) is 0 Å². The van der Waals surface area contributed by atoms with Crippen molar-refractivity contribution in [3.63, 3.8) is 0 Å². The zero-order valence-corrected chi connectivity index (χ0v) is 8.28. The summed E-state index contributed by atoms with van der Waals surface area (Å²) in [6, 6.07) is 5.16. The first kappa shape index (κ1) is 11.0. The summed E-state index contributed by atoms with van der Waals surface area (Å²) in [4.78, 5) is 0. The van der Waals surface area contributed by atoms with Gasteiger partial charge in [0.1, 0.15) is 5.75 Å². The molecule has 4 N–H and O–H groups in total. The normalized spacial score (nSPS) is 11.7. The van der Waals surface area contributed by atoms with Crippen molar-refractivity contribution in [1.29, 1.82) is 0 Å². The zero-order valence-electron chi connectivity index (χ0n) is 8.28. The van der Waals surface area contributed by atoms with Gasteiger partial charge in [0.05, 0.1) is 0 Å². The lowest BCUT2D eigenvalue weighted by Crippen LogP contribution is -2.41. The summed E-state index contributed by atoms with van der Waals surface area (Å²) < 4.78 is 0. The number of nitrogens with one attached hydrogen (secondary N) is 1. The van der Waals surface area contributed by atoms with Gasteiger partial charge < -0.3 is 15.3 Å². The minimum atomic E-state index is -1.92. The van der Waals surface area contributed by atoms with Gasteiger partial charge in [-0.05, 0) is 13.0 Å². The molecule has 0 aromatic heterocycles. The highest BCUT2D eigenvalue weighted by atomic mass is 16.5. The number of hydrogen-bond donors (Lipinski definition) is 4. The molecule has 0 radical (unpaired) electrons. The Morgan fingerprint density at radius 3 is 2.57 bits per heavy atom. The van der Waals surface area contributed by atoms with Gasteiger partial charge in [-0.1, -0.05) is 17.7 Å². The van der Waals surface area contributed by atoms with Crippen LogP contribution in [0.5, 0.6) is 5.75 Å². The lowest BCUT2D eigenvalue weighted by atomic mass is 10.1. The fraction of sp³-hybridized carbons (Fsp3) is 0.400. The van der Waals surface area contributed by atoms with Crippen LogP contribution in [0.4, 0.5) is 0 Å². The number of aromatic hydroxyl groups is 1. The lowest BCUT2D eigenvalue weighted by Gasteiger charge is -2.18. The van der Waals surface area contributed by atoms with Crippen LogP contribution >= 0.6 is 0 Å². The number of phenols is 1. The van der Waals surface area contributed by atoms with Gasteiger partial charge in [-0.3, -0.25) is 5.32 Å². The molecule has 1 aromatic rings. The largest absolute Gasteiger partial charge is 0.508 e. The van der Waals surface area contributed by atoms with Crippen molar-refractivity contribution in [2.24, 2.45) is 0 Å². The van der Waals surface area contributed by atoms with Crippen molar-refractivity contribution in [3.8, 4) is 5.75 Å². The van der Waals surface area contributed by atoms with E-state index in [1.54, 1.807) is 18.2 Å². The molecular formula is C10H15NO3. The Kier molecular flexibility index (Phi) is 3.10. The Hall–Kier alpha value is -1.10. The molecule has 0 amide bonds. The summed E-state index contributed by atoms with van der Waals surface area (Å²) in [6.45, 7) is 3.33. The fourth-order valence-corrected chi connectivity index (χ4v) is 1.12. The second-order valence-electron chi connectivity index (χ2n) is 3.51. The maximum atomic E-state index is 9.43. The van der Waals surface area contributed by atoms with Crippen LogP contribution in [0.2, 0.25) is 0 Å². The maximum Gasteiger partial charge on any atom is 0.219 e. The number of benzene rings is 1.